The van der Waals surface area contributed by atoms with E-state index in [9.17, 15) is 4.79 Å². The van der Waals surface area contributed by atoms with E-state index < -0.39 is 11.3 Å². The molecule has 2 atom stereocenters. The maximum Gasteiger partial charge on any atom is 0.412 e. The molecule has 112 valence electrons. The van der Waals surface area contributed by atoms with Crippen LogP contribution in [0.4, 0.5) is 4.79 Å². The van der Waals surface area contributed by atoms with Gasteiger partial charge in [-0.25, -0.2) is 4.79 Å². The quantitative estimate of drug-likeness (QED) is 0.793. The predicted molar refractivity (Wildman–Crippen MR) is 73.0 cm³/mol. The topological polar surface area (TPSA) is 48.0 Å². The fourth-order valence-corrected chi connectivity index (χ4v) is 2.31. The zero-order valence-corrected chi connectivity index (χ0v) is 13.1. The minimum atomic E-state index is -0.677. The van der Waals surface area contributed by atoms with E-state index in [0.29, 0.717) is 13.2 Å². The van der Waals surface area contributed by atoms with Crippen molar-refractivity contribution in [1.82, 2.24) is 4.90 Å². The van der Waals surface area contributed by atoms with Crippen LogP contribution in [0.2, 0.25) is 0 Å². The van der Waals surface area contributed by atoms with Gasteiger partial charge in [0.2, 0.25) is 0 Å². The molecular formula is C14H27NO4. The molecule has 0 unspecified atom stereocenters. The molecule has 19 heavy (non-hydrogen) atoms. The van der Waals surface area contributed by atoms with Crippen molar-refractivity contribution in [2.75, 3.05) is 13.2 Å². The van der Waals surface area contributed by atoms with Gasteiger partial charge in [0.15, 0.2) is 0 Å². The Morgan fingerprint density at radius 2 is 1.95 bits per heavy atom. The first-order valence-electron chi connectivity index (χ1n) is 6.86. The Labute approximate surface area is 116 Å². The number of amides is 1. The summed E-state index contributed by atoms with van der Waals surface area (Å²) < 4.78 is 16.8. The molecule has 0 saturated carbocycles. The van der Waals surface area contributed by atoms with Crippen LogP contribution in [0, 0.1) is 0 Å². The highest BCUT2D eigenvalue weighted by Gasteiger charge is 2.49. The van der Waals surface area contributed by atoms with Crippen molar-refractivity contribution in [3.63, 3.8) is 0 Å². The molecule has 5 nitrogen and oxygen atoms in total. The number of rotatable bonds is 3. The van der Waals surface area contributed by atoms with Crippen molar-refractivity contribution in [1.29, 1.82) is 0 Å². The van der Waals surface area contributed by atoms with Crippen LogP contribution >= 0.6 is 0 Å². The van der Waals surface area contributed by atoms with Gasteiger partial charge in [-0.2, -0.15) is 0 Å². The lowest BCUT2D eigenvalue weighted by atomic mass is 10.1. The molecule has 0 radical (unpaired) electrons. The summed E-state index contributed by atoms with van der Waals surface area (Å²) in [6, 6.07) is -0.121. The van der Waals surface area contributed by atoms with E-state index in [-0.39, 0.29) is 18.2 Å². The summed E-state index contributed by atoms with van der Waals surface area (Å²) >= 11 is 0. The van der Waals surface area contributed by atoms with Crippen molar-refractivity contribution >= 4 is 6.09 Å². The van der Waals surface area contributed by atoms with Crippen LogP contribution in [0.1, 0.15) is 48.5 Å². The third-order valence-electron chi connectivity index (χ3n) is 3.01. The molecule has 1 saturated heterocycles. The zero-order chi connectivity index (χ0) is 14.8. The molecule has 0 spiro atoms. The molecule has 1 rings (SSSR count). The second kappa shape index (κ2) is 5.67. The van der Waals surface area contributed by atoms with Gasteiger partial charge in [0.25, 0.3) is 0 Å². The van der Waals surface area contributed by atoms with Gasteiger partial charge in [-0.3, -0.25) is 4.90 Å². The number of carbonyl (C=O) groups excluding carboxylic acids is 1. The molecule has 1 aliphatic heterocycles. The van der Waals surface area contributed by atoms with Crippen molar-refractivity contribution < 1.29 is 19.0 Å². The maximum absolute atomic E-state index is 12.4. The fourth-order valence-electron chi connectivity index (χ4n) is 2.31. The Hall–Kier alpha value is -0.810. The van der Waals surface area contributed by atoms with E-state index >= 15 is 0 Å². The molecule has 1 aliphatic rings. The monoisotopic (exact) mass is 273 g/mol. The molecule has 1 amide bonds. The Balaban J connectivity index is 2.87. The lowest BCUT2D eigenvalue weighted by Crippen LogP contribution is -2.51. The van der Waals surface area contributed by atoms with Gasteiger partial charge < -0.3 is 14.2 Å². The zero-order valence-electron chi connectivity index (χ0n) is 13.1. The highest BCUT2D eigenvalue weighted by molar-refractivity contribution is 5.70. The molecule has 0 aromatic rings. The summed E-state index contributed by atoms with van der Waals surface area (Å²) in [6.07, 6.45) is -0.430. The van der Waals surface area contributed by atoms with E-state index in [1.807, 2.05) is 48.5 Å². The number of hydrogen-bond donors (Lipinski definition) is 0. The molecule has 1 heterocycles. The minimum absolute atomic E-state index is 0.0749. The highest BCUT2D eigenvalue weighted by atomic mass is 16.6. The third kappa shape index (κ3) is 4.08. The molecule has 5 heteroatoms. The molecule has 1 fully saturated rings. The van der Waals surface area contributed by atoms with Gasteiger partial charge in [0.1, 0.15) is 11.3 Å². The number of carbonyl (C=O) groups is 1. The minimum Gasteiger partial charge on any atom is -0.444 e. The normalized spacial score (nSPS) is 26.6. The Kier molecular flexibility index (Phi) is 4.85. The summed E-state index contributed by atoms with van der Waals surface area (Å²) in [5, 5.41) is 0. The van der Waals surface area contributed by atoms with Crippen LogP contribution in [0.3, 0.4) is 0 Å². The smallest absolute Gasteiger partial charge is 0.412 e. The first kappa shape index (κ1) is 16.2. The maximum atomic E-state index is 12.4. The molecule has 0 bridgehead atoms. The van der Waals surface area contributed by atoms with Crippen LogP contribution in [0.15, 0.2) is 0 Å². The fraction of sp³-hybridized carbons (Fsp3) is 0.929. The van der Waals surface area contributed by atoms with Gasteiger partial charge in [0.05, 0.1) is 18.8 Å². The van der Waals surface area contributed by atoms with E-state index in [1.165, 1.54) is 0 Å². The van der Waals surface area contributed by atoms with Crippen molar-refractivity contribution in [3.8, 4) is 0 Å². The van der Waals surface area contributed by atoms with E-state index in [1.54, 1.807) is 4.90 Å². The highest BCUT2D eigenvalue weighted by Crippen LogP contribution is 2.33. The van der Waals surface area contributed by atoms with Crippen LogP contribution in [-0.4, -0.2) is 47.7 Å². The largest absolute Gasteiger partial charge is 0.444 e. The summed E-state index contributed by atoms with van der Waals surface area (Å²) in [5.74, 6) is 0. The van der Waals surface area contributed by atoms with E-state index in [0.717, 1.165) is 0 Å². The third-order valence-corrected chi connectivity index (χ3v) is 3.01. The predicted octanol–water partition coefficient (Wildman–Crippen LogP) is 2.78. The average Bonchev–Trinajstić information content (AvgIpc) is 2.42. The summed E-state index contributed by atoms with van der Waals surface area (Å²) in [7, 11) is 0. The Morgan fingerprint density at radius 3 is 2.42 bits per heavy atom. The van der Waals surface area contributed by atoms with Gasteiger partial charge in [0, 0.05) is 6.61 Å². The average molecular weight is 273 g/mol. The molecule has 0 aromatic heterocycles. The molecule has 0 aromatic carbocycles. The first-order chi connectivity index (χ1) is 8.58. The second-order valence-electron chi connectivity index (χ2n) is 6.35. The van der Waals surface area contributed by atoms with Gasteiger partial charge in [-0.1, -0.05) is 0 Å². The molecular weight excluding hydrogens is 246 g/mol. The molecule has 0 aliphatic carbocycles. The van der Waals surface area contributed by atoms with Gasteiger partial charge in [-0.15, -0.1) is 0 Å². The van der Waals surface area contributed by atoms with Crippen LogP contribution in [0.5, 0.6) is 0 Å². The van der Waals surface area contributed by atoms with E-state index in [2.05, 4.69) is 0 Å². The second-order valence-corrected chi connectivity index (χ2v) is 6.35. The number of nitrogens with zero attached hydrogens (tertiary/aromatic N) is 1. The Bertz CT molecular complexity index is 322. The van der Waals surface area contributed by atoms with Crippen molar-refractivity contribution in [2.45, 2.75) is 71.9 Å². The lowest BCUT2D eigenvalue weighted by molar-refractivity contribution is -0.0766. The summed E-state index contributed by atoms with van der Waals surface area (Å²) in [6.45, 7) is 14.3. The number of hydrogen-bond acceptors (Lipinski definition) is 4. The van der Waals surface area contributed by atoms with Gasteiger partial charge >= 0.3 is 6.09 Å². The SMILES string of the molecule is CCOC[C@H]1[C@H](C)OC(C)(C)N1C(=O)OC(C)(C)C. The first-order valence-corrected chi connectivity index (χ1v) is 6.86. The Morgan fingerprint density at radius 1 is 1.37 bits per heavy atom. The van der Waals surface area contributed by atoms with Crippen molar-refractivity contribution in [3.05, 3.63) is 0 Å². The van der Waals surface area contributed by atoms with Crippen LogP contribution in [0.25, 0.3) is 0 Å². The standard InChI is InChI=1S/C14H27NO4/c1-8-17-9-11-10(2)18-14(6,7)15(11)12(16)19-13(3,4)5/h10-11H,8-9H2,1-7H3/t10-,11-/m0/s1. The number of ether oxygens (including phenoxy) is 3. The van der Waals surface area contributed by atoms with E-state index in [4.69, 9.17) is 14.2 Å². The van der Waals surface area contributed by atoms with Crippen LogP contribution < -0.4 is 0 Å². The lowest BCUT2D eigenvalue weighted by Gasteiger charge is -2.35. The van der Waals surface area contributed by atoms with Gasteiger partial charge in [-0.05, 0) is 48.5 Å². The summed E-state index contributed by atoms with van der Waals surface area (Å²) in [4.78, 5) is 14.0. The molecule has 0 N–H and O–H groups in total. The van der Waals surface area contributed by atoms with Crippen LogP contribution in [-0.2, 0) is 14.2 Å². The van der Waals surface area contributed by atoms with Crippen molar-refractivity contribution in [2.24, 2.45) is 0 Å². The summed E-state index contributed by atoms with van der Waals surface area (Å²) in [5.41, 5.74) is -1.20.